The Hall–Kier alpha value is -2.31. The molecule has 0 spiro atoms. The summed E-state index contributed by atoms with van der Waals surface area (Å²) in [6.45, 7) is 2.75. The van der Waals surface area contributed by atoms with E-state index in [0.717, 1.165) is 19.3 Å². The maximum atomic E-state index is 12.0. The molecule has 3 amide bonds. The molecule has 2 heterocycles. The summed E-state index contributed by atoms with van der Waals surface area (Å²) in [7, 11) is 0. The van der Waals surface area contributed by atoms with Gasteiger partial charge in [0.1, 0.15) is 5.76 Å². The summed E-state index contributed by atoms with van der Waals surface area (Å²) >= 11 is 0. The van der Waals surface area contributed by atoms with Crippen LogP contribution in [0.4, 0.5) is 0 Å². The van der Waals surface area contributed by atoms with Crippen molar-refractivity contribution < 1.29 is 18.8 Å². The third-order valence-corrected chi connectivity index (χ3v) is 3.84. The van der Waals surface area contributed by atoms with Crippen LogP contribution >= 0.6 is 0 Å². The van der Waals surface area contributed by atoms with Gasteiger partial charge in [-0.05, 0) is 18.6 Å². The number of rotatable bonds is 7. The number of furan rings is 1. The molecule has 7 heteroatoms. The van der Waals surface area contributed by atoms with Crippen LogP contribution in [0.1, 0.15) is 44.8 Å². The minimum absolute atomic E-state index is 0.0872. The average molecular weight is 321 g/mol. The molecule has 1 atom stereocenters. The summed E-state index contributed by atoms with van der Waals surface area (Å²) in [6.07, 6.45) is 4.92. The van der Waals surface area contributed by atoms with Gasteiger partial charge in [0.2, 0.25) is 17.7 Å². The molecule has 1 aromatic heterocycles. The zero-order chi connectivity index (χ0) is 16.7. The van der Waals surface area contributed by atoms with E-state index in [1.807, 2.05) is 0 Å². The molecule has 0 radical (unpaired) electrons. The van der Waals surface area contributed by atoms with Crippen LogP contribution in [0.25, 0.3) is 0 Å². The van der Waals surface area contributed by atoms with Gasteiger partial charge in [-0.2, -0.15) is 0 Å². The molecule has 1 fully saturated rings. The first kappa shape index (κ1) is 17.1. The Morgan fingerprint density at radius 3 is 2.87 bits per heavy atom. The highest BCUT2D eigenvalue weighted by Gasteiger charge is 2.34. The van der Waals surface area contributed by atoms with E-state index in [4.69, 9.17) is 4.42 Å². The SMILES string of the molecule is CCCCCC(=O)NNC(=O)C1CC(=O)N(Cc2ccco2)C1. The second-order valence-electron chi connectivity index (χ2n) is 5.75. The first-order chi connectivity index (χ1) is 11.1. The molecule has 0 aromatic carbocycles. The summed E-state index contributed by atoms with van der Waals surface area (Å²) < 4.78 is 5.21. The first-order valence-corrected chi connectivity index (χ1v) is 7.99. The number of unbranched alkanes of at least 4 members (excludes halogenated alkanes) is 2. The van der Waals surface area contributed by atoms with E-state index in [9.17, 15) is 14.4 Å². The van der Waals surface area contributed by atoms with Crippen molar-refractivity contribution in [2.24, 2.45) is 5.92 Å². The van der Waals surface area contributed by atoms with Crippen molar-refractivity contribution in [1.82, 2.24) is 15.8 Å². The lowest BCUT2D eigenvalue weighted by atomic mass is 10.1. The Balaban J connectivity index is 1.73. The predicted octanol–water partition coefficient (Wildman–Crippen LogP) is 1.36. The lowest BCUT2D eigenvalue weighted by Gasteiger charge is -2.15. The number of hydrogen-bond donors (Lipinski definition) is 2. The van der Waals surface area contributed by atoms with Gasteiger partial charge in [0.25, 0.3) is 0 Å². The Morgan fingerprint density at radius 1 is 1.35 bits per heavy atom. The fourth-order valence-electron chi connectivity index (χ4n) is 2.52. The van der Waals surface area contributed by atoms with Crippen molar-refractivity contribution in [2.45, 2.75) is 45.6 Å². The number of carbonyl (C=O) groups excluding carboxylic acids is 3. The van der Waals surface area contributed by atoms with Gasteiger partial charge < -0.3 is 9.32 Å². The predicted molar refractivity (Wildman–Crippen MR) is 82.7 cm³/mol. The largest absolute Gasteiger partial charge is 0.467 e. The molecule has 1 aromatic rings. The van der Waals surface area contributed by atoms with E-state index >= 15 is 0 Å². The molecule has 0 aliphatic carbocycles. The number of nitrogens with zero attached hydrogens (tertiary/aromatic N) is 1. The number of hydrogen-bond acceptors (Lipinski definition) is 4. The van der Waals surface area contributed by atoms with E-state index in [0.29, 0.717) is 25.3 Å². The molecule has 1 unspecified atom stereocenters. The van der Waals surface area contributed by atoms with Crippen LogP contribution in [0, 0.1) is 5.92 Å². The van der Waals surface area contributed by atoms with Gasteiger partial charge in [-0.3, -0.25) is 25.2 Å². The molecule has 0 bridgehead atoms. The summed E-state index contributed by atoms with van der Waals surface area (Å²) in [5, 5.41) is 0. The van der Waals surface area contributed by atoms with Crippen molar-refractivity contribution in [1.29, 1.82) is 0 Å². The smallest absolute Gasteiger partial charge is 0.243 e. The number of carbonyl (C=O) groups is 3. The second kappa shape index (κ2) is 8.36. The monoisotopic (exact) mass is 321 g/mol. The summed E-state index contributed by atoms with van der Waals surface area (Å²) in [5.74, 6) is -0.388. The van der Waals surface area contributed by atoms with Crippen molar-refractivity contribution in [3.05, 3.63) is 24.2 Å². The van der Waals surface area contributed by atoms with Gasteiger partial charge in [-0.25, -0.2) is 0 Å². The fourth-order valence-corrected chi connectivity index (χ4v) is 2.52. The third kappa shape index (κ3) is 5.12. The van der Waals surface area contributed by atoms with Crippen LogP contribution in [0.5, 0.6) is 0 Å². The fraction of sp³-hybridized carbons (Fsp3) is 0.562. The molecule has 7 nitrogen and oxygen atoms in total. The molecular weight excluding hydrogens is 298 g/mol. The zero-order valence-electron chi connectivity index (χ0n) is 13.3. The quantitative estimate of drug-likeness (QED) is 0.586. The standard InChI is InChI=1S/C16H23N3O4/c1-2-3-4-7-14(20)17-18-16(22)12-9-15(21)19(10-12)11-13-6-5-8-23-13/h5-6,8,12H,2-4,7,9-11H2,1H3,(H,17,20)(H,18,22). The Kier molecular flexibility index (Phi) is 6.19. The highest BCUT2D eigenvalue weighted by atomic mass is 16.3. The van der Waals surface area contributed by atoms with Gasteiger partial charge in [-0.1, -0.05) is 19.8 Å². The topological polar surface area (TPSA) is 91.7 Å². The van der Waals surface area contributed by atoms with E-state index in [-0.39, 0.29) is 24.1 Å². The highest BCUT2D eigenvalue weighted by Crippen LogP contribution is 2.20. The summed E-state index contributed by atoms with van der Waals surface area (Å²) in [5.41, 5.74) is 4.82. The molecular formula is C16H23N3O4. The summed E-state index contributed by atoms with van der Waals surface area (Å²) in [4.78, 5) is 37.1. The second-order valence-corrected chi connectivity index (χ2v) is 5.75. The average Bonchev–Trinajstić information content (AvgIpc) is 3.16. The molecule has 1 aliphatic rings. The molecule has 1 aliphatic heterocycles. The summed E-state index contributed by atoms with van der Waals surface area (Å²) in [6, 6.07) is 3.55. The van der Waals surface area contributed by atoms with Crippen LogP contribution in [0.2, 0.25) is 0 Å². The number of nitrogens with one attached hydrogen (secondary N) is 2. The van der Waals surface area contributed by atoms with Crippen molar-refractivity contribution in [2.75, 3.05) is 6.54 Å². The van der Waals surface area contributed by atoms with Crippen LogP contribution in [-0.4, -0.2) is 29.2 Å². The minimum Gasteiger partial charge on any atom is -0.467 e. The van der Waals surface area contributed by atoms with Crippen molar-refractivity contribution in [3.8, 4) is 0 Å². The zero-order valence-corrected chi connectivity index (χ0v) is 13.3. The van der Waals surface area contributed by atoms with Gasteiger partial charge in [0.15, 0.2) is 0 Å². The molecule has 1 saturated heterocycles. The minimum atomic E-state index is -0.451. The van der Waals surface area contributed by atoms with Gasteiger partial charge in [0.05, 0.1) is 18.7 Å². The molecule has 2 rings (SSSR count). The maximum absolute atomic E-state index is 12.0. The number of hydrazine groups is 1. The van der Waals surface area contributed by atoms with Crippen molar-refractivity contribution >= 4 is 17.7 Å². The Labute approximate surface area is 135 Å². The van der Waals surface area contributed by atoms with Gasteiger partial charge >= 0.3 is 0 Å². The van der Waals surface area contributed by atoms with Crippen LogP contribution < -0.4 is 10.9 Å². The normalized spacial score (nSPS) is 17.3. The molecule has 126 valence electrons. The van der Waals surface area contributed by atoms with Gasteiger partial charge in [0, 0.05) is 19.4 Å². The lowest BCUT2D eigenvalue weighted by molar-refractivity contribution is -0.131. The Bertz CT molecular complexity index is 542. The lowest BCUT2D eigenvalue weighted by Crippen LogP contribution is -2.45. The van der Waals surface area contributed by atoms with Gasteiger partial charge in [-0.15, -0.1) is 0 Å². The number of likely N-dealkylation sites (tertiary alicyclic amines) is 1. The van der Waals surface area contributed by atoms with E-state index in [1.165, 1.54) is 0 Å². The van der Waals surface area contributed by atoms with Crippen LogP contribution in [0.3, 0.4) is 0 Å². The van der Waals surface area contributed by atoms with Crippen LogP contribution in [-0.2, 0) is 20.9 Å². The van der Waals surface area contributed by atoms with E-state index < -0.39 is 5.92 Å². The molecule has 2 N–H and O–H groups in total. The van der Waals surface area contributed by atoms with Crippen molar-refractivity contribution in [3.63, 3.8) is 0 Å². The number of amides is 3. The highest BCUT2D eigenvalue weighted by molar-refractivity contribution is 5.90. The molecule has 23 heavy (non-hydrogen) atoms. The third-order valence-electron chi connectivity index (χ3n) is 3.84. The maximum Gasteiger partial charge on any atom is 0.243 e. The van der Waals surface area contributed by atoms with E-state index in [2.05, 4.69) is 17.8 Å². The molecule has 0 saturated carbocycles. The van der Waals surface area contributed by atoms with Crippen LogP contribution in [0.15, 0.2) is 22.8 Å². The Morgan fingerprint density at radius 2 is 2.17 bits per heavy atom. The first-order valence-electron chi connectivity index (χ1n) is 7.99. The van der Waals surface area contributed by atoms with E-state index in [1.54, 1.807) is 23.3 Å².